The second-order valence-electron chi connectivity index (χ2n) is 8.47. The average molecular weight is 466 g/mol. The number of nitrogens with zero attached hydrogens (tertiary/aromatic N) is 4. The summed E-state index contributed by atoms with van der Waals surface area (Å²) in [4.78, 5) is 17.9. The highest BCUT2D eigenvalue weighted by molar-refractivity contribution is 8.15. The van der Waals surface area contributed by atoms with Gasteiger partial charge in [0.1, 0.15) is 18.0 Å². The third-order valence-corrected chi connectivity index (χ3v) is 7.61. The van der Waals surface area contributed by atoms with Crippen molar-refractivity contribution < 1.29 is 13.5 Å². The summed E-state index contributed by atoms with van der Waals surface area (Å²) >= 11 is 1.26. The second kappa shape index (κ2) is 7.96. The van der Waals surface area contributed by atoms with Crippen LogP contribution >= 0.6 is 11.8 Å². The van der Waals surface area contributed by atoms with E-state index in [4.69, 9.17) is 16.9 Å². The van der Waals surface area contributed by atoms with Gasteiger partial charge < -0.3 is 10.5 Å². The average Bonchev–Trinajstić information content (AvgIpc) is 3.55. The summed E-state index contributed by atoms with van der Waals surface area (Å²) in [5, 5.41) is 0.294. The van der Waals surface area contributed by atoms with Gasteiger partial charge in [-0.1, -0.05) is 29.8 Å². The molecule has 1 aliphatic carbocycles. The number of terminal acetylenes is 1. The Morgan fingerprint density at radius 2 is 2.18 bits per heavy atom. The van der Waals surface area contributed by atoms with Crippen molar-refractivity contribution in [3.05, 3.63) is 59.3 Å². The van der Waals surface area contributed by atoms with Crippen molar-refractivity contribution in [2.75, 3.05) is 13.3 Å². The Hall–Kier alpha value is -3.25. The van der Waals surface area contributed by atoms with Gasteiger partial charge in [-0.15, -0.1) is 6.42 Å². The van der Waals surface area contributed by atoms with Crippen LogP contribution in [0, 0.1) is 24.1 Å². The molecule has 0 radical (unpaired) electrons. The Kier molecular flexibility index (Phi) is 5.20. The maximum Gasteiger partial charge on any atom is 0.233 e. The first-order valence-corrected chi connectivity index (χ1v) is 11.3. The van der Waals surface area contributed by atoms with Crippen LogP contribution < -0.4 is 10.5 Å². The Balaban J connectivity index is 1.49. The quantitative estimate of drug-likeness (QED) is 0.558. The number of fused-ring (bicyclic) bond motifs is 2. The molecule has 5 rings (SSSR count). The molecule has 2 aliphatic rings. The number of alkyl halides is 1. The molecular weight excluding hydrogens is 444 g/mol. The second-order valence-corrected chi connectivity index (χ2v) is 9.91. The van der Waals surface area contributed by atoms with Gasteiger partial charge in [0, 0.05) is 24.1 Å². The summed E-state index contributed by atoms with van der Waals surface area (Å²) in [5.74, 6) is 2.23. The zero-order valence-electron chi connectivity index (χ0n) is 17.9. The number of halogens is 2. The van der Waals surface area contributed by atoms with Crippen molar-refractivity contribution in [2.24, 2.45) is 16.6 Å². The van der Waals surface area contributed by atoms with Crippen molar-refractivity contribution in [1.82, 2.24) is 15.0 Å². The molecule has 3 atom stereocenters. The van der Waals surface area contributed by atoms with Crippen LogP contribution in [0.5, 0.6) is 5.88 Å². The summed E-state index contributed by atoms with van der Waals surface area (Å²) in [6.07, 6.45) is 9.40. The van der Waals surface area contributed by atoms with Crippen molar-refractivity contribution in [1.29, 1.82) is 0 Å². The maximum atomic E-state index is 15.0. The SMILES string of the molecule is C#CCOc1cnc2c(Cc3ccc(F)c([C@@]4(C)N=C(N)S[C@@]5(CF)C[C@H]54)c3)nccc2n1. The molecule has 1 aromatic carbocycles. The van der Waals surface area contributed by atoms with E-state index in [9.17, 15) is 4.39 Å². The molecule has 1 fully saturated rings. The van der Waals surface area contributed by atoms with E-state index in [-0.39, 0.29) is 18.3 Å². The van der Waals surface area contributed by atoms with Crippen LogP contribution in [-0.4, -0.2) is 38.1 Å². The van der Waals surface area contributed by atoms with Crippen LogP contribution in [-0.2, 0) is 12.0 Å². The van der Waals surface area contributed by atoms with E-state index in [1.807, 2.05) is 6.92 Å². The highest BCUT2D eigenvalue weighted by Crippen LogP contribution is 2.66. The Morgan fingerprint density at radius 1 is 1.33 bits per heavy atom. The molecule has 0 bridgehead atoms. The van der Waals surface area contributed by atoms with Crippen LogP contribution in [0.3, 0.4) is 0 Å². The molecule has 168 valence electrons. The fourth-order valence-electron chi connectivity index (χ4n) is 4.63. The number of rotatable bonds is 6. The minimum Gasteiger partial charge on any atom is -0.463 e. The highest BCUT2D eigenvalue weighted by Gasteiger charge is 2.66. The van der Waals surface area contributed by atoms with Crippen molar-refractivity contribution >= 4 is 28.0 Å². The predicted octanol–water partition coefficient (Wildman–Crippen LogP) is 3.77. The zero-order chi connectivity index (χ0) is 23.2. The van der Waals surface area contributed by atoms with Gasteiger partial charge in [0.25, 0.3) is 0 Å². The van der Waals surface area contributed by atoms with Crippen molar-refractivity contribution in [3.8, 4) is 18.2 Å². The van der Waals surface area contributed by atoms with E-state index in [0.717, 1.165) is 5.56 Å². The third kappa shape index (κ3) is 3.68. The molecule has 0 amide bonds. The number of hydrogen-bond acceptors (Lipinski definition) is 7. The first-order valence-electron chi connectivity index (χ1n) is 10.4. The largest absolute Gasteiger partial charge is 0.463 e. The van der Waals surface area contributed by atoms with E-state index in [1.54, 1.807) is 24.4 Å². The minimum atomic E-state index is -0.920. The molecule has 3 aromatic rings. The van der Waals surface area contributed by atoms with Gasteiger partial charge in [-0.3, -0.25) is 9.98 Å². The zero-order valence-corrected chi connectivity index (χ0v) is 18.7. The normalized spacial score (nSPS) is 25.8. The van der Waals surface area contributed by atoms with E-state index in [2.05, 4.69) is 25.9 Å². The van der Waals surface area contributed by atoms with Crippen LogP contribution in [0.15, 0.2) is 41.7 Å². The first-order chi connectivity index (χ1) is 15.9. The molecular formula is C24H21F2N5OS. The third-order valence-electron chi connectivity index (χ3n) is 6.34. The molecule has 6 nitrogen and oxygen atoms in total. The Bertz CT molecular complexity index is 1330. The van der Waals surface area contributed by atoms with Crippen LogP contribution in [0.1, 0.15) is 30.2 Å². The minimum absolute atomic E-state index is 0.103. The summed E-state index contributed by atoms with van der Waals surface area (Å²) in [5.41, 5.74) is 8.29. The topological polar surface area (TPSA) is 86.3 Å². The Labute approximate surface area is 194 Å². The number of nitrogens with two attached hydrogens (primary N) is 1. The number of thioether (sulfide) groups is 1. The van der Waals surface area contributed by atoms with Gasteiger partial charge in [-0.2, -0.15) is 0 Å². The van der Waals surface area contributed by atoms with Gasteiger partial charge in [0.2, 0.25) is 5.88 Å². The maximum absolute atomic E-state index is 15.0. The molecule has 2 N–H and O–H groups in total. The lowest BCUT2D eigenvalue weighted by Gasteiger charge is -2.33. The molecule has 9 heteroatoms. The molecule has 1 aliphatic heterocycles. The first kappa shape index (κ1) is 21.6. The standard InChI is InChI=1S/C24H21F2N5OS/c1-3-8-32-20-12-29-21-17(30-20)6-7-28-18(21)10-14-4-5-16(26)15(9-14)23(2)19-11-24(19,13-25)33-22(27)31-23/h1,4-7,9,12,19H,8,10-11,13H2,2H3,(H2,27,31)/t19-,23+,24+/m0/s1. The molecule has 2 aromatic heterocycles. The smallest absolute Gasteiger partial charge is 0.233 e. The summed E-state index contributed by atoms with van der Waals surface area (Å²) in [7, 11) is 0. The van der Waals surface area contributed by atoms with Crippen LogP contribution in [0.2, 0.25) is 0 Å². The monoisotopic (exact) mass is 465 g/mol. The van der Waals surface area contributed by atoms with E-state index >= 15 is 4.39 Å². The fourth-order valence-corrected chi connectivity index (χ4v) is 5.96. The summed E-state index contributed by atoms with van der Waals surface area (Å²) in [6.45, 7) is 1.43. The molecule has 1 saturated carbocycles. The molecule has 0 unspecified atom stereocenters. The number of pyridine rings is 1. The Morgan fingerprint density at radius 3 is 2.97 bits per heavy atom. The van der Waals surface area contributed by atoms with E-state index in [0.29, 0.717) is 46.2 Å². The lowest BCUT2D eigenvalue weighted by molar-refractivity contribution is 0.355. The molecule has 0 saturated heterocycles. The molecule has 0 spiro atoms. The van der Waals surface area contributed by atoms with Crippen LogP contribution in [0.25, 0.3) is 11.0 Å². The van der Waals surface area contributed by atoms with Crippen molar-refractivity contribution in [2.45, 2.75) is 30.1 Å². The van der Waals surface area contributed by atoms with Gasteiger partial charge in [0.15, 0.2) is 11.8 Å². The number of hydrogen-bond donors (Lipinski definition) is 1. The number of aliphatic imine (C=N–C) groups is 1. The van der Waals surface area contributed by atoms with Crippen molar-refractivity contribution in [3.63, 3.8) is 0 Å². The number of aromatic nitrogens is 3. The summed E-state index contributed by atoms with van der Waals surface area (Å²) < 4.78 is 33.5. The fraction of sp³-hybridized carbons (Fsp3) is 0.333. The number of amidine groups is 1. The predicted molar refractivity (Wildman–Crippen MR) is 124 cm³/mol. The van der Waals surface area contributed by atoms with Gasteiger partial charge in [0.05, 0.1) is 27.7 Å². The lowest BCUT2D eigenvalue weighted by atomic mass is 9.84. The lowest BCUT2D eigenvalue weighted by Crippen LogP contribution is -2.36. The molecule has 33 heavy (non-hydrogen) atoms. The van der Waals surface area contributed by atoms with Gasteiger partial charge in [-0.25, -0.2) is 18.7 Å². The van der Waals surface area contributed by atoms with E-state index < -0.39 is 17.0 Å². The summed E-state index contributed by atoms with van der Waals surface area (Å²) in [6, 6.07) is 6.65. The van der Waals surface area contributed by atoms with Crippen LogP contribution in [0.4, 0.5) is 8.78 Å². The number of benzene rings is 1. The highest BCUT2D eigenvalue weighted by atomic mass is 32.2. The van der Waals surface area contributed by atoms with E-state index in [1.165, 1.54) is 24.0 Å². The number of ether oxygens (including phenoxy) is 1. The van der Waals surface area contributed by atoms with Gasteiger partial charge >= 0.3 is 0 Å². The van der Waals surface area contributed by atoms with Gasteiger partial charge in [-0.05, 0) is 31.0 Å². The molecule has 3 heterocycles.